The topological polar surface area (TPSA) is 30.5 Å². The van der Waals surface area contributed by atoms with Crippen LogP contribution < -0.4 is 10.2 Å². The van der Waals surface area contributed by atoms with Gasteiger partial charge in [-0.05, 0) is 26.4 Å². The molecule has 120 valence electrons. The zero-order valence-electron chi connectivity index (χ0n) is 11.4. The maximum absolute atomic E-state index is 13.2. The van der Waals surface area contributed by atoms with Crippen LogP contribution in [0.5, 0.6) is 5.75 Å². The van der Waals surface area contributed by atoms with Crippen LogP contribution in [-0.4, -0.2) is 20.2 Å². The Labute approximate surface area is 119 Å². The van der Waals surface area contributed by atoms with Crippen molar-refractivity contribution in [3.63, 3.8) is 0 Å². The Morgan fingerprint density at radius 2 is 1.29 bits per heavy atom. The second-order valence-electron chi connectivity index (χ2n) is 4.32. The number of rotatable bonds is 9. The van der Waals surface area contributed by atoms with E-state index in [4.69, 9.17) is 0 Å². The molecule has 8 heteroatoms. The van der Waals surface area contributed by atoms with E-state index in [0.29, 0.717) is 6.42 Å². The molecule has 0 heterocycles. The molecular weight excluding hydrogens is 297 g/mol. The van der Waals surface area contributed by atoms with Gasteiger partial charge in [0.2, 0.25) is 34.8 Å². The minimum absolute atomic E-state index is 0.0148. The van der Waals surface area contributed by atoms with Gasteiger partial charge in [-0.15, -0.1) is 0 Å². The summed E-state index contributed by atoms with van der Waals surface area (Å²) in [6.45, 7) is 0.862. The Balaban J connectivity index is 2.43. The van der Waals surface area contributed by atoms with Gasteiger partial charge in [-0.1, -0.05) is 12.8 Å². The molecule has 0 radical (unpaired) electrons. The van der Waals surface area contributed by atoms with Crippen LogP contribution >= 0.6 is 0 Å². The molecule has 0 unspecified atom stereocenters. The van der Waals surface area contributed by atoms with Crippen molar-refractivity contribution < 1.29 is 31.7 Å². The quantitative estimate of drug-likeness (QED) is 0.189. The summed E-state index contributed by atoms with van der Waals surface area (Å²) in [6.07, 6.45) is 3.23. The van der Waals surface area contributed by atoms with Gasteiger partial charge in [0.1, 0.15) is 0 Å². The molecule has 0 spiro atoms. The number of unbranched alkanes of at least 4 members (excludes halogenated alkanes) is 3. The molecule has 0 saturated carbocycles. The van der Waals surface area contributed by atoms with E-state index in [1.54, 1.807) is 0 Å². The number of nitrogens with one attached hydrogen (secondary N) is 1. The van der Waals surface area contributed by atoms with Crippen molar-refractivity contribution in [1.82, 2.24) is 5.32 Å². The highest BCUT2D eigenvalue weighted by Crippen LogP contribution is 2.29. The van der Waals surface area contributed by atoms with Gasteiger partial charge in [0, 0.05) is 0 Å². The Bertz CT molecular complexity index is 441. The molecular formula is C13H16F5NO2. The van der Waals surface area contributed by atoms with Gasteiger partial charge < -0.3 is 10.2 Å². The fourth-order valence-electron chi connectivity index (χ4n) is 1.57. The van der Waals surface area contributed by atoms with E-state index in [0.717, 1.165) is 25.8 Å². The van der Waals surface area contributed by atoms with Crippen LogP contribution in [0.1, 0.15) is 25.7 Å². The molecule has 0 aromatic heterocycles. The molecule has 3 nitrogen and oxygen atoms in total. The highest BCUT2D eigenvalue weighted by molar-refractivity contribution is 5.29. The Morgan fingerprint density at radius 3 is 1.86 bits per heavy atom. The fourth-order valence-corrected chi connectivity index (χ4v) is 1.57. The van der Waals surface area contributed by atoms with Crippen LogP contribution in [0.3, 0.4) is 0 Å². The fraction of sp³-hybridized carbons (Fsp3) is 0.538. The minimum Gasteiger partial charge on any atom is -0.331 e. The van der Waals surface area contributed by atoms with Crippen molar-refractivity contribution in [1.29, 1.82) is 0 Å². The van der Waals surface area contributed by atoms with Crippen LogP contribution in [-0.2, 0) is 4.89 Å². The molecule has 0 aliphatic rings. The van der Waals surface area contributed by atoms with E-state index in [1.165, 1.54) is 0 Å². The standard InChI is InChI=1S/C13H16F5NO2/c1-19-6-4-2-3-5-7-20-21-13-11(17)9(15)8(14)10(16)12(13)18/h19H,2-7H2,1H3. The summed E-state index contributed by atoms with van der Waals surface area (Å²) in [5, 5.41) is 2.98. The molecule has 0 aliphatic carbocycles. The molecule has 0 aliphatic heterocycles. The summed E-state index contributed by atoms with van der Waals surface area (Å²) in [7, 11) is 1.83. The van der Waals surface area contributed by atoms with Crippen molar-refractivity contribution in [2.24, 2.45) is 0 Å². The van der Waals surface area contributed by atoms with Crippen molar-refractivity contribution in [3.8, 4) is 5.75 Å². The van der Waals surface area contributed by atoms with Gasteiger partial charge in [-0.3, -0.25) is 0 Å². The number of benzene rings is 1. The maximum atomic E-state index is 13.2. The van der Waals surface area contributed by atoms with Crippen LogP contribution in [0.25, 0.3) is 0 Å². The van der Waals surface area contributed by atoms with Crippen LogP contribution in [0.4, 0.5) is 22.0 Å². The van der Waals surface area contributed by atoms with E-state index in [1.807, 2.05) is 7.05 Å². The highest BCUT2D eigenvalue weighted by atomic mass is 19.2. The maximum Gasteiger partial charge on any atom is 0.242 e. The van der Waals surface area contributed by atoms with E-state index >= 15 is 0 Å². The van der Waals surface area contributed by atoms with E-state index in [9.17, 15) is 22.0 Å². The molecule has 0 fully saturated rings. The van der Waals surface area contributed by atoms with Gasteiger partial charge in [0.25, 0.3) is 0 Å². The lowest BCUT2D eigenvalue weighted by Crippen LogP contribution is -2.09. The smallest absolute Gasteiger partial charge is 0.242 e. The third kappa shape index (κ3) is 4.82. The Hall–Kier alpha value is -1.41. The number of hydrogen-bond acceptors (Lipinski definition) is 3. The second-order valence-corrected chi connectivity index (χ2v) is 4.32. The second kappa shape index (κ2) is 8.78. The highest BCUT2D eigenvalue weighted by Gasteiger charge is 2.27. The lowest BCUT2D eigenvalue weighted by molar-refractivity contribution is -0.212. The van der Waals surface area contributed by atoms with E-state index < -0.39 is 34.8 Å². The molecule has 21 heavy (non-hydrogen) atoms. The Morgan fingerprint density at radius 1 is 0.762 bits per heavy atom. The van der Waals surface area contributed by atoms with Crippen molar-refractivity contribution in [2.45, 2.75) is 25.7 Å². The predicted octanol–water partition coefficient (Wildman–Crippen LogP) is 3.47. The lowest BCUT2D eigenvalue weighted by atomic mass is 10.2. The van der Waals surface area contributed by atoms with Gasteiger partial charge in [-0.2, -0.15) is 13.7 Å². The Kier molecular flexibility index (Phi) is 7.38. The van der Waals surface area contributed by atoms with Crippen LogP contribution in [0, 0.1) is 29.1 Å². The molecule has 0 bridgehead atoms. The summed E-state index contributed by atoms with van der Waals surface area (Å²) in [5.41, 5.74) is 0. The van der Waals surface area contributed by atoms with E-state index in [-0.39, 0.29) is 6.61 Å². The van der Waals surface area contributed by atoms with Crippen LogP contribution in [0.2, 0.25) is 0 Å². The minimum atomic E-state index is -2.23. The summed E-state index contributed by atoms with van der Waals surface area (Å²) in [5.74, 6) is -11.9. The molecule has 1 rings (SSSR count). The van der Waals surface area contributed by atoms with Crippen molar-refractivity contribution in [2.75, 3.05) is 20.2 Å². The first-order valence-electron chi connectivity index (χ1n) is 6.46. The van der Waals surface area contributed by atoms with Crippen LogP contribution in [0.15, 0.2) is 0 Å². The first kappa shape index (κ1) is 17.6. The number of hydrogen-bond donors (Lipinski definition) is 1. The molecule has 1 aromatic carbocycles. The van der Waals surface area contributed by atoms with Gasteiger partial charge in [0.05, 0.1) is 6.61 Å². The summed E-state index contributed by atoms with van der Waals surface area (Å²) >= 11 is 0. The lowest BCUT2D eigenvalue weighted by Gasteiger charge is -2.08. The SMILES string of the molecule is CNCCCCCCOOc1c(F)c(F)c(F)c(F)c1F. The van der Waals surface area contributed by atoms with Gasteiger partial charge in [-0.25, -0.2) is 13.2 Å². The third-order valence-electron chi connectivity index (χ3n) is 2.72. The van der Waals surface area contributed by atoms with Crippen molar-refractivity contribution >= 4 is 0 Å². The monoisotopic (exact) mass is 313 g/mol. The zero-order valence-corrected chi connectivity index (χ0v) is 11.4. The van der Waals surface area contributed by atoms with Crippen molar-refractivity contribution in [3.05, 3.63) is 29.1 Å². The molecule has 1 N–H and O–H groups in total. The summed E-state index contributed by atoms with van der Waals surface area (Å²) in [4.78, 5) is 8.69. The summed E-state index contributed by atoms with van der Waals surface area (Å²) < 4.78 is 64.8. The van der Waals surface area contributed by atoms with Gasteiger partial charge >= 0.3 is 0 Å². The average Bonchev–Trinajstić information content (AvgIpc) is 2.49. The molecule has 0 atom stereocenters. The predicted molar refractivity (Wildman–Crippen MR) is 65.2 cm³/mol. The number of halogens is 5. The summed E-state index contributed by atoms with van der Waals surface area (Å²) in [6, 6.07) is 0. The molecule has 0 amide bonds. The largest absolute Gasteiger partial charge is 0.331 e. The zero-order chi connectivity index (χ0) is 15.8. The average molecular weight is 313 g/mol. The first-order valence-corrected chi connectivity index (χ1v) is 6.46. The normalized spacial score (nSPS) is 11.0. The van der Waals surface area contributed by atoms with E-state index in [2.05, 4.69) is 15.1 Å². The third-order valence-corrected chi connectivity index (χ3v) is 2.72. The molecule has 0 saturated heterocycles. The molecule has 1 aromatic rings. The first-order chi connectivity index (χ1) is 10.0. The van der Waals surface area contributed by atoms with Gasteiger partial charge in [0.15, 0.2) is 0 Å².